The number of aliphatic hydroxyl groups is 1. The summed E-state index contributed by atoms with van der Waals surface area (Å²) >= 11 is 0. The van der Waals surface area contributed by atoms with E-state index >= 15 is 0 Å². The van der Waals surface area contributed by atoms with Gasteiger partial charge in [-0.3, -0.25) is 0 Å². The Morgan fingerprint density at radius 2 is 2.00 bits per heavy atom. The highest BCUT2D eigenvalue weighted by Crippen LogP contribution is 2.06. The number of allylic oxidation sites excluding steroid dienone is 1. The third-order valence-corrected chi connectivity index (χ3v) is 2.92. The molecule has 2 heteroatoms. The van der Waals surface area contributed by atoms with Gasteiger partial charge < -0.3 is 5.11 Å². The molecule has 0 aliphatic rings. The SMILES string of the molecule is C=CCCCCC(O)CC#C[Si](C)(C)C. The second-order valence-electron chi connectivity index (χ2n) is 4.98. The molecule has 1 N–H and O–H groups in total. The molecule has 0 spiro atoms. The fraction of sp³-hybridized carbons (Fsp3) is 0.692. The van der Waals surface area contributed by atoms with E-state index in [4.69, 9.17) is 0 Å². The first-order valence-corrected chi connectivity index (χ1v) is 9.24. The molecule has 1 atom stereocenters. The maximum atomic E-state index is 9.63. The van der Waals surface area contributed by atoms with Gasteiger partial charge in [0.25, 0.3) is 0 Å². The van der Waals surface area contributed by atoms with Crippen molar-refractivity contribution in [3.8, 4) is 11.5 Å². The van der Waals surface area contributed by atoms with Gasteiger partial charge in [0.15, 0.2) is 0 Å². The van der Waals surface area contributed by atoms with Crippen molar-refractivity contribution in [2.45, 2.75) is 57.8 Å². The molecule has 86 valence electrons. The Labute approximate surface area is 95.6 Å². The Balaban J connectivity index is 3.60. The first-order chi connectivity index (χ1) is 6.95. The van der Waals surface area contributed by atoms with E-state index in [0.29, 0.717) is 6.42 Å². The van der Waals surface area contributed by atoms with E-state index in [1.807, 2.05) is 6.08 Å². The Bertz CT molecular complexity index is 229. The first-order valence-electron chi connectivity index (χ1n) is 5.74. The van der Waals surface area contributed by atoms with E-state index in [9.17, 15) is 5.11 Å². The van der Waals surface area contributed by atoms with Gasteiger partial charge in [-0.1, -0.05) is 32.1 Å². The topological polar surface area (TPSA) is 20.2 Å². The summed E-state index contributed by atoms with van der Waals surface area (Å²) in [4.78, 5) is 0. The van der Waals surface area contributed by atoms with Crippen molar-refractivity contribution in [2.24, 2.45) is 0 Å². The van der Waals surface area contributed by atoms with E-state index in [1.54, 1.807) is 0 Å². The normalized spacial score (nSPS) is 12.8. The fourth-order valence-electron chi connectivity index (χ4n) is 1.20. The minimum absolute atomic E-state index is 0.237. The lowest BCUT2D eigenvalue weighted by Crippen LogP contribution is -2.16. The summed E-state index contributed by atoms with van der Waals surface area (Å²) in [6.07, 6.45) is 6.44. The second-order valence-corrected chi connectivity index (χ2v) is 9.73. The van der Waals surface area contributed by atoms with Crippen molar-refractivity contribution in [1.29, 1.82) is 0 Å². The average molecular weight is 224 g/mol. The van der Waals surface area contributed by atoms with Gasteiger partial charge in [0.2, 0.25) is 0 Å². The predicted octanol–water partition coefficient (Wildman–Crippen LogP) is 3.36. The summed E-state index contributed by atoms with van der Waals surface area (Å²) in [6, 6.07) is 0. The van der Waals surface area contributed by atoms with Crippen LogP contribution in [0.15, 0.2) is 12.7 Å². The highest BCUT2D eigenvalue weighted by molar-refractivity contribution is 6.83. The third kappa shape index (κ3) is 11.4. The predicted molar refractivity (Wildman–Crippen MR) is 70.4 cm³/mol. The third-order valence-electron chi connectivity index (χ3n) is 2.00. The number of aliphatic hydroxyl groups excluding tert-OH is 1. The maximum absolute atomic E-state index is 9.63. The van der Waals surface area contributed by atoms with Gasteiger partial charge in [-0.2, -0.15) is 0 Å². The smallest absolute Gasteiger partial charge is 0.129 e. The summed E-state index contributed by atoms with van der Waals surface area (Å²) < 4.78 is 0. The number of hydrogen-bond donors (Lipinski definition) is 1. The molecule has 0 heterocycles. The van der Waals surface area contributed by atoms with Gasteiger partial charge in [0.05, 0.1) is 6.10 Å². The Morgan fingerprint density at radius 3 is 2.53 bits per heavy atom. The number of hydrogen-bond acceptors (Lipinski definition) is 1. The molecular formula is C13H24OSi. The maximum Gasteiger partial charge on any atom is 0.129 e. The average Bonchev–Trinajstić information content (AvgIpc) is 2.10. The van der Waals surface area contributed by atoms with Crippen LogP contribution < -0.4 is 0 Å². The molecule has 0 aromatic rings. The summed E-state index contributed by atoms with van der Waals surface area (Å²) in [5.74, 6) is 3.11. The molecule has 0 aromatic heterocycles. The van der Waals surface area contributed by atoms with Crippen LogP contribution in [0, 0.1) is 11.5 Å². The molecular weight excluding hydrogens is 200 g/mol. The molecule has 0 aromatic carbocycles. The highest BCUT2D eigenvalue weighted by atomic mass is 28.3. The van der Waals surface area contributed by atoms with Crippen LogP contribution in [0.4, 0.5) is 0 Å². The molecule has 1 unspecified atom stereocenters. The fourth-order valence-corrected chi connectivity index (χ4v) is 1.84. The Morgan fingerprint density at radius 1 is 1.33 bits per heavy atom. The first kappa shape index (κ1) is 14.5. The molecule has 0 bridgehead atoms. The molecule has 0 rings (SSSR count). The molecule has 0 saturated carbocycles. The van der Waals surface area contributed by atoms with E-state index in [-0.39, 0.29) is 6.10 Å². The van der Waals surface area contributed by atoms with Crippen LogP contribution in [0.5, 0.6) is 0 Å². The molecule has 0 radical (unpaired) electrons. The highest BCUT2D eigenvalue weighted by Gasteiger charge is 2.08. The molecule has 0 aliphatic carbocycles. The van der Waals surface area contributed by atoms with Crippen molar-refractivity contribution >= 4 is 8.07 Å². The number of rotatable bonds is 6. The van der Waals surface area contributed by atoms with Crippen LogP contribution in [0.1, 0.15) is 32.1 Å². The van der Waals surface area contributed by atoms with Crippen molar-refractivity contribution in [3.05, 3.63) is 12.7 Å². The van der Waals surface area contributed by atoms with E-state index in [0.717, 1.165) is 25.7 Å². The van der Waals surface area contributed by atoms with Crippen LogP contribution in [0.3, 0.4) is 0 Å². The molecule has 1 nitrogen and oxygen atoms in total. The van der Waals surface area contributed by atoms with E-state index < -0.39 is 8.07 Å². The Hall–Kier alpha value is -0.523. The largest absolute Gasteiger partial charge is 0.392 e. The summed E-state index contributed by atoms with van der Waals surface area (Å²) in [7, 11) is -1.25. The zero-order valence-corrected chi connectivity index (χ0v) is 11.3. The van der Waals surface area contributed by atoms with Crippen LogP contribution in [-0.2, 0) is 0 Å². The van der Waals surface area contributed by atoms with Crippen LogP contribution in [0.2, 0.25) is 19.6 Å². The lowest BCUT2D eigenvalue weighted by atomic mass is 10.1. The van der Waals surface area contributed by atoms with Crippen LogP contribution in [-0.4, -0.2) is 19.3 Å². The quantitative estimate of drug-likeness (QED) is 0.317. The number of unbranched alkanes of at least 4 members (excludes halogenated alkanes) is 2. The monoisotopic (exact) mass is 224 g/mol. The molecule has 0 aliphatic heterocycles. The second kappa shape index (κ2) is 7.73. The molecule has 15 heavy (non-hydrogen) atoms. The van der Waals surface area contributed by atoms with Crippen molar-refractivity contribution in [3.63, 3.8) is 0 Å². The van der Waals surface area contributed by atoms with Crippen LogP contribution in [0.25, 0.3) is 0 Å². The Kier molecular flexibility index (Phi) is 7.46. The summed E-state index contributed by atoms with van der Waals surface area (Å²) in [5, 5.41) is 9.63. The van der Waals surface area contributed by atoms with Gasteiger partial charge in [-0.15, -0.1) is 18.0 Å². The van der Waals surface area contributed by atoms with Crippen molar-refractivity contribution in [2.75, 3.05) is 0 Å². The summed E-state index contributed by atoms with van der Waals surface area (Å²) in [6.45, 7) is 10.3. The van der Waals surface area contributed by atoms with Crippen molar-refractivity contribution < 1.29 is 5.11 Å². The van der Waals surface area contributed by atoms with Crippen molar-refractivity contribution in [1.82, 2.24) is 0 Å². The minimum atomic E-state index is -1.25. The zero-order chi connectivity index (χ0) is 11.7. The lowest BCUT2D eigenvalue weighted by Gasteiger charge is -2.07. The van der Waals surface area contributed by atoms with Crippen LogP contribution >= 0.6 is 0 Å². The van der Waals surface area contributed by atoms with Gasteiger partial charge in [0.1, 0.15) is 8.07 Å². The molecule has 0 saturated heterocycles. The summed E-state index contributed by atoms with van der Waals surface area (Å²) in [5.41, 5.74) is 3.27. The van der Waals surface area contributed by atoms with Gasteiger partial charge in [-0.25, -0.2) is 0 Å². The standard InChI is InChI=1S/C13H24OSi/c1-5-6-7-8-10-13(14)11-9-12-15(2,3)4/h5,13-14H,1,6-8,10-11H2,2-4H3. The molecule has 0 amide bonds. The minimum Gasteiger partial charge on any atom is -0.392 e. The van der Waals surface area contributed by atoms with E-state index in [1.165, 1.54) is 0 Å². The lowest BCUT2D eigenvalue weighted by molar-refractivity contribution is 0.166. The van der Waals surface area contributed by atoms with Gasteiger partial charge >= 0.3 is 0 Å². The van der Waals surface area contributed by atoms with Gasteiger partial charge in [0, 0.05) is 6.42 Å². The van der Waals surface area contributed by atoms with E-state index in [2.05, 4.69) is 37.7 Å². The zero-order valence-electron chi connectivity index (χ0n) is 10.3. The molecule has 0 fully saturated rings. The van der Waals surface area contributed by atoms with Gasteiger partial charge in [-0.05, 0) is 19.3 Å².